The molecule has 0 aliphatic carbocycles. The van der Waals surface area contributed by atoms with Gasteiger partial charge >= 0.3 is 6.09 Å². The molecule has 3 aromatic heterocycles. The smallest absolute Gasteiger partial charge is 0.410 e. The van der Waals surface area contributed by atoms with Gasteiger partial charge in [-0.05, 0) is 30.3 Å². The molecule has 3 heterocycles. The molecule has 3 aromatic rings. The van der Waals surface area contributed by atoms with Gasteiger partial charge in [0.05, 0.1) is 5.69 Å². The summed E-state index contributed by atoms with van der Waals surface area (Å²) in [7, 11) is -1.16. The summed E-state index contributed by atoms with van der Waals surface area (Å²) in [5.41, 5.74) is 2.18. The molecule has 7 nitrogen and oxygen atoms in total. The highest BCUT2D eigenvalue weighted by atomic mass is 35.5. The summed E-state index contributed by atoms with van der Waals surface area (Å²) >= 11 is 6.10. The lowest BCUT2D eigenvalue weighted by molar-refractivity contribution is 0.0899. The van der Waals surface area contributed by atoms with Crippen LogP contribution < -0.4 is 5.32 Å². The van der Waals surface area contributed by atoms with Gasteiger partial charge in [0.2, 0.25) is 0 Å². The summed E-state index contributed by atoms with van der Waals surface area (Å²) in [4.78, 5) is 19.7. The maximum atomic E-state index is 10.9. The number of hydrogen-bond donors (Lipinski definition) is 2. The van der Waals surface area contributed by atoms with Gasteiger partial charge in [0.1, 0.15) is 23.3 Å². The first-order chi connectivity index (χ1) is 13.2. The molecule has 0 aliphatic rings. The van der Waals surface area contributed by atoms with E-state index in [4.69, 9.17) is 21.4 Å². The molecule has 9 heteroatoms. The maximum absolute atomic E-state index is 10.9. The minimum Gasteiger partial charge on any atom is -0.465 e. The Labute approximate surface area is 169 Å². The second-order valence-corrected chi connectivity index (χ2v) is 13.7. The summed E-state index contributed by atoms with van der Waals surface area (Å²) in [5, 5.41) is 12.5. The van der Waals surface area contributed by atoms with Crippen molar-refractivity contribution in [3.05, 3.63) is 41.7 Å². The predicted molar refractivity (Wildman–Crippen MR) is 114 cm³/mol. The lowest BCUT2D eigenvalue weighted by atomic mass is 10.1. The van der Waals surface area contributed by atoms with Crippen molar-refractivity contribution in [1.29, 1.82) is 0 Å². The van der Waals surface area contributed by atoms with E-state index in [-0.39, 0.29) is 5.82 Å². The zero-order valence-corrected chi connectivity index (χ0v) is 17.8. The number of fused-ring (bicyclic) bond motifs is 1. The van der Waals surface area contributed by atoms with Crippen molar-refractivity contribution in [2.45, 2.75) is 32.4 Å². The van der Waals surface area contributed by atoms with Crippen LogP contribution >= 0.6 is 11.6 Å². The highest BCUT2D eigenvalue weighted by Gasteiger charge is 2.15. The molecule has 3 rings (SSSR count). The number of amides is 1. The number of aromatic nitrogens is 3. The molecule has 0 bridgehead atoms. The van der Waals surface area contributed by atoms with Crippen molar-refractivity contribution >= 4 is 42.6 Å². The van der Waals surface area contributed by atoms with Gasteiger partial charge in [-0.1, -0.05) is 37.3 Å². The summed E-state index contributed by atoms with van der Waals surface area (Å²) in [6, 6.07) is 9.88. The van der Waals surface area contributed by atoms with Crippen molar-refractivity contribution in [3.63, 3.8) is 0 Å². The zero-order chi connectivity index (χ0) is 20.3. The molecular formula is C19H23ClN4O3Si. The van der Waals surface area contributed by atoms with Gasteiger partial charge in [0.25, 0.3) is 0 Å². The third-order valence-electron chi connectivity index (χ3n) is 4.18. The van der Waals surface area contributed by atoms with Gasteiger partial charge in [-0.15, -0.1) is 0 Å². The Hall–Kier alpha value is -2.42. The van der Waals surface area contributed by atoms with Crippen molar-refractivity contribution in [2.24, 2.45) is 0 Å². The van der Waals surface area contributed by atoms with Crippen LogP contribution in [0.3, 0.4) is 0 Å². The van der Waals surface area contributed by atoms with Crippen LogP contribution in [0.1, 0.15) is 0 Å². The van der Waals surface area contributed by atoms with Gasteiger partial charge in [0, 0.05) is 31.8 Å². The van der Waals surface area contributed by atoms with Crippen LogP contribution in [0.25, 0.3) is 22.3 Å². The SMILES string of the molecule is C[Si](C)(C)CCOCn1cc(-c2cccc(NC(=O)O)n2)c2ccc(Cl)nc21. The monoisotopic (exact) mass is 418 g/mol. The molecule has 0 spiro atoms. The molecule has 28 heavy (non-hydrogen) atoms. The highest BCUT2D eigenvalue weighted by Crippen LogP contribution is 2.30. The van der Waals surface area contributed by atoms with Crippen LogP contribution in [0, 0.1) is 0 Å². The Morgan fingerprint density at radius 3 is 2.75 bits per heavy atom. The lowest BCUT2D eigenvalue weighted by Crippen LogP contribution is -2.22. The first kappa shape index (κ1) is 20.3. The van der Waals surface area contributed by atoms with Gasteiger partial charge in [-0.25, -0.2) is 14.8 Å². The Morgan fingerprint density at radius 1 is 1.25 bits per heavy atom. The molecule has 2 N–H and O–H groups in total. The largest absolute Gasteiger partial charge is 0.465 e. The fourth-order valence-corrected chi connectivity index (χ4v) is 3.65. The fraction of sp³-hybridized carbons (Fsp3) is 0.316. The molecule has 0 aliphatic heterocycles. The normalized spacial score (nSPS) is 11.7. The van der Waals surface area contributed by atoms with E-state index in [0.29, 0.717) is 29.8 Å². The summed E-state index contributed by atoms with van der Waals surface area (Å²) in [6.07, 6.45) is 0.756. The third kappa shape index (κ3) is 5.09. The second-order valence-electron chi connectivity index (χ2n) is 7.70. The Kier molecular flexibility index (Phi) is 6.02. The Morgan fingerprint density at radius 2 is 2.04 bits per heavy atom. The minimum absolute atomic E-state index is 0.263. The van der Waals surface area contributed by atoms with Crippen molar-refractivity contribution in [2.75, 3.05) is 11.9 Å². The van der Waals surface area contributed by atoms with E-state index in [1.807, 2.05) is 22.9 Å². The molecule has 0 radical (unpaired) electrons. The molecule has 0 atom stereocenters. The number of halogens is 1. The number of rotatable bonds is 7. The standard InChI is InChI=1S/C19H23ClN4O3Si/c1-28(2,3)10-9-27-12-24-11-14(13-7-8-16(20)22-18(13)24)15-5-4-6-17(21-15)23-19(25)26/h4-8,11H,9-10,12H2,1-3H3,(H,21,23)(H,25,26). The number of hydrogen-bond acceptors (Lipinski definition) is 4. The highest BCUT2D eigenvalue weighted by molar-refractivity contribution is 6.76. The third-order valence-corrected chi connectivity index (χ3v) is 6.09. The molecule has 1 amide bonds. The Balaban J connectivity index is 1.92. The first-order valence-electron chi connectivity index (χ1n) is 8.93. The topological polar surface area (TPSA) is 89.3 Å². The van der Waals surface area contributed by atoms with Crippen molar-refractivity contribution < 1.29 is 14.6 Å². The molecule has 148 valence electrons. The van der Waals surface area contributed by atoms with Gasteiger partial charge in [0.15, 0.2) is 0 Å². The van der Waals surface area contributed by atoms with Crippen LogP contribution in [0.15, 0.2) is 36.5 Å². The molecule has 0 unspecified atom stereocenters. The summed E-state index contributed by atoms with van der Waals surface area (Å²) in [6.45, 7) is 7.99. The number of carboxylic acid groups (broad SMARTS) is 1. The maximum Gasteiger partial charge on any atom is 0.410 e. The average Bonchev–Trinajstić information content (AvgIpc) is 2.95. The van der Waals surface area contributed by atoms with Crippen LogP contribution in [-0.2, 0) is 11.5 Å². The van der Waals surface area contributed by atoms with E-state index >= 15 is 0 Å². The number of anilines is 1. The van der Waals surface area contributed by atoms with Crippen molar-refractivity contribution in [3.8, 4) is 11.3 Å². The Bertz CT molecular complexity index is 1000. The number of nitrogens with one attached hydrogen (secondary N) is 1. The van der Waals surface area contributed by atoms with E-state index in [1.54, 1.807) is 18.2 Å². The van der Waals surface area contributed by atoms with Crippen LogP contribution in [0.5, 0.6) is 0 Å². The fourth-order valence-electron chi connectivity index (χ4n) is 2.75. The second kappa shape index (κ2) is 8.30. The van der Waals surface area contributed by atoms with Crippen LogP contribution in [0.2, 0.25) is 30.8 Å². The zero-order valence-electron chi connectivity index (χ0n) is 16.1. The number of nitrogens with zero attached hydrogens (tertiary/aromatic N) is 3. The van der Waals surface area contributed by atoms with Crippen LogP contribution in [0.4, 0.5) is 10.6 Å². The molecular weight excluding hydrogens is 396 g/mol. The van der Waals surface area contributed by atoms with E-state index in [1.165, 1.54) is 0 Å². The molecule has 0 fully saturated rings. The minimum atomic E-state index is -1.16. The van der Waals surface area contributed by atoms with Gasteiger partial charge < -0.3 is 14.4 Å². The molecule has 0 aromatic carbocycles. The van der Waals surface area contributed by atoms with Crippen molar-refractivity contribution in [1.82, 2.24) is 14.5 Å². The summed E-state index contributed by atoms with van der Waals surface area (Å²) in [5.74, 6) is 0.263. The van der Waals surface area contributed by atoms with E-state index < -0.39 is 14.2 Å². The van der Waals surface area contributed by atoms with Gasteiger partial charge in [-0.3, -0.25) is 5.32 Å². The first-order valence-corrected chi connectivity index (χ1v) is 13.0. The van der Waals surface area contributed by atoms with E-state index in [0.717, 1.165) is 17.0 Å². The summed E-state index contributed by atoms with van der Waals surface area (Å²) < 4.78 is 7.78. The number of ether oxygens (including phenoxy) is 1. The van der Waals surface area contributed by atoms with Crippen LogP contribution in [-0.4, -0.2) is 40.4 Å². The van der Waals surface area contributed by atoms with E-state index in [2.05, 4.69) is 34.9 Å². The lowest BCUT2D eigenvalue weighted by Gasteiger charge is -2.15. The predicted octanol–water partition coefficient (Wildman–Crippen LogP) is 5.15. The number of pyridine rings is 2. The number of carbonyl (C=O) groups is 1. The van der Waals surface area contributed by atoms with E-state index in [9.17, 15) is 4.79 Å². The molecule has 0 saturated heterocycles. The quantitative estimate of drug-likeness (QED) is 0.314. The van der Waals surface area contributed by atoms with Gasteiger partial charge in [-0.2, -0.15) is 0 Å². The average molecular weight is 419 g/mol. The molecule has 0 saturated carbocycles.